The summed E-state index contributed by atoms with van der Waals surface area (Å²) in [6, 6.07) is 0. The Morgan fingerprint density at radius 1 is 1.58 bits per heavy atom. The predicted octanol–water partition coefficient (Wildman–Crippen LogP) is 1.90. The lowest BCUT2D eigenvalue weighted by molar-refractivity contribution is 1.07. The molecule has 1 rings (SSSR count). The topological polar surface area (TPSA) is 51.8 Å². The second kappa shape index (κ2) is 4.33. The highest BCUT2D eigenvalue weighted by atomic mass is 35.5. The molecule has 5 heteroatoms. The van der Waals surface area contributed by atoms with Gasteiger partial charge in [-0.2, -0.15) is 0 Å². The lowest BCUT2D eigenvalue weighted by Crippen LogP contribution is -1.95. The number of nitrogens with zero attached hydrogens (tertiary/aromatic N) is 2. The van der Waals surface area contributed by atoms with E-state index in [2.05, 4.69) is 16.5 Å². The number of anilines is 1. The molecule has 0 atom stereocenters. The summed E-state index contributed by atoms with van der Waals surface area (Å²) >= 11 is 7.00. The summed E-state index contributed by atoms with van der Waals surface area (Å²) in [4.78, 5) is 7.90. The molecule has 12 heavy (non-hydrogen) atoms. The second-order valence-electron chi connectivity index (χ2n) is 2.05. The molecule has 0 aliphatic carbocycles. The summed E-state index contributed by atoms with van der Waals surface area (Å²) in [5.74, 6) is 1.03. The number of nitrogens with two attached hydrogens (primary N) is 1. The van der Waals surface area contributed by atoms with Crippen molar-refractivity contribution in [1.82, 2.24) is 9.97 Å². The van der Waals surface area contributed by atoms with Crippen molar-refractivity contribution >= 4 is 29.2 Å². The minimum atomic E-state index is 0.431. The highest BCUT2D eigenvalue weighted by Gasteiger charge is 2.01. The Morgan fingerprint density at radius 3 is 2.83 bits per heavy atom. The van der Waals surface area contributed by atoms with E-state index in [4.69, 9.17) is 17.3 Å². The fraction of sp³-hybridized carbons (Fsp3) is 0.143. The van der Waals surface area contributed by atoms with Gasteiger partial charge in [0.25, 0.3) is 0 Å². The third-order valence-corrected chi connectivity index (χ3v) is 2.43. The van der Waals surface area contributed by atoms with Crippen molar-refractivity contribution in [3.63, 3.8) is 0 Å². The Morgan fingerprint density at radius 2 is 2.25 bits per heavy atom. The molecule has 0 saturated heterocycles. The van der Waals surface area contributed by atoms with Crippen LogP contribution >= 0.6 is 23.4 Å². The number of hydrogen-bond donors (Lipinski definition) is 1. The van der Waals surface area contributed by atoms with Crippen molar-refractivity contribution in [2.45, 2.75) is 5.03 Å². The highest BCUT2D eigenvalue weighted by Crippen LogP contribution is 2.22. The van der Waals surface area contributed by atoms with E-state index < -0.39 is 0 Å². The smallest absolute Gasteiger partial charge is 0.156 e. The molecule has 0 fully saturated rings. The molecular weight excluding hydrogens is 194 g/mol. The van der Waals surface area contributed by atoms with Crippen molar-refractivity contribution in [1.29, 1.82) is 0 Å². The van der Waals surface area contributed by atoms with Crippen LogP contribution in [0.5, 0.6) is 0 Å². The van der Waals surface area contributed by atoms with Gasteiger partial charge in [-0.05, 0) is 0 Å². The van der Waals surface area contributed by atoms with E-state index in [9.17, 15) is 0 Å². The van der Waals surface area contributed by atoms with E-state index in [1.54, 1.807) is 12.4 Å². The number of hydrogen-bond acceptors (Lipinski definition) is 4. The fourth-order valence-electron chi connectivity index (χ4n) is 0.594. The maximum atomic E-state index is 5.58. The van der Waals surface area contributed by atoms with Crippen LogP contribution in [-0.4, -0.2) is 15.7 Å². The molecule has 2 N–H and O–H groups in total. The van der Waals surface area contributed by atoms with E-state index in [0.29, 0.717) is 21.6 Å². The lowest BCUT2D eigenvalue weighted by Gasteiger charge is -2.00. The van der Waals surface area contributed by atoms with Gasteiger partial charge in [0, 0.05) is 23.2 Å². The first kappa shape index (κ1) is 9.35. The molecule has 0 aliphatic rings. The molecule has 0 bridgehead atoms. The molecule has 0 amide bonds. The average Bonchev–Trinajstić information content (AvgIpc) is 2.03. The molecule has 0 aliphatic heterocycles. The van der Waals surface area contributed by atoms with Gasteiger partial charge in [0.05, 0.1) is 0 Å². The molecule has 0 radical (unpaired) electrons. The van der Waals surface area contributed by atoms with Crippen LogP contribution in [0.25, 0.3) is 0 Å². The zero-order valence-electron chi connectivity index (χ0n) is 6.33. The van der Waals surface area contributed by atoms with Crippen molar-refractivity contribution in [2.24, 2.45) is 0 Å². The van der Waals surface area contributed by atoms with Crippen LogP contribution < -0.4 is 5.73 Å². The summed E-state index contributed by atoms with van der Waals surface area (Å²) in [5.41, 5.74) is 5.54. The first-order valence-corrected chi connectivity index (χ1v) is 4.59. The zero-order chi connectivity index (χ0) is 8.97. The van der Waals surface area contributed by atoms with Gasteiger partial charge in [-0.15, -0.1) is 0 Å². The lowest BCUT2D eigenvalue weighted by atomic mass is 10.7. The van der Waals surface area contributed by atoms with Gasteiger partial charge in [-0.1, -0.05) is 29.9 Å². The number of thioether (sulfide) groups is 1. The van der Waals surface area contributed by atoms with Gasteiger partial charge in [0.15, 0.2) is 5.82 Å². The van der Waals surface area contributed by atoms with Crippen LogP contribution in [-0.2, 0) is 0 Å². The van der Waals surface area contributed by atoms with Gasteiger partial charge < -0.3 is 5.73 Å². The summed E-state index contributed by atoms with van der Waals surface area (Å²) in [6.45, 7) is 3.56. The summed E-state index contributed by atoms with van der Waals surface area (Å²) in [6.07, 6.45) is 3.14. The van der Waals surface area contributed by atoms with E-state index in [-0.39, 0.29) is 0 Å². The largest absolute Gasteiger partial charge is 0.381 e. The minimum Gasteiger partial charge on any atom is -0.381 e. The van der Waals surface area contributed by atoms with Gasteiger partial charge in [-0.3, -0.25) is 0 Å². The number of nitrogen functional groups attached to an aromatic ring is 1. The maximum Gasteiger partial charge on any atom is 0.156 e. The molecule has 0 aromatic carbocycles. The summed E-state index contributed by atoms with van der Waals surface area (Å²) in [7, 11) is 0. The molecule has 0 spiro atoms. The number of aromatic nitrogens is 2. The van der Waals surface area contributed by atoms with Crippen LogP contribution in [0, 0.1) is 0 Å². The van der Waals surface area contributed by atoms with Gasteiger partial charge in [0.2, 0.25) is 0 Å². The second-order valence-corrected chi connectivity index (χ2v) is 3.55. The first-order chi connectivity index (χ1) is 5.70. The molecule has 1 heterocycles. The minimum absolute atomic E-state index is 0.431. The fourth-order valence-corrected chi connectivity index (χ4v) is 1.39. The Hall–Kier alpha value is -0.740. The molecule has 0 unspecified atom stereocenters. The van der Waals surface area contributed by atoms with Gasteiger partial charge in [-0.25, -0.2) is 9.97 Å². The van der Waals surface area contributed by atoms with E-state index in [1.165, 1.54) is 11.8 Å². The number of halogens is 1. The average molecular weight is 202 g/mol. The van der Waals surface area contributed by atoms with Crippen molar-refractivity contribution < 1.29 is 0 Å². The van der Waals surface area contributed by atoms with E-state index in [1.807, 2.05) is 0 Å². The van der Waals surface area contributed by atoms with Gasteiger partial charge in [0.1, 0.15) is 5.03 Å². The van der Waals surface area contributed by atoms with E-state index in [0.717, 1.165) is 0 Å². The molecular formula is C7H8ClN3S. The van der Waals surface area contributed by atoms with Crippen molar-refractivity contribution in [2.75, 3.05) is 11.5 Å². The third kappa shape index (κ3) is 2.71. The summed E-state index contributed by atoms with van der Waals surface area (Å²) in [5, 5.41) is 1.27. The maximum absolute atomic E-state index is 5.58. The van der Waals surface area contributed by atoms with Crippen LogP contribution in [0.15, 0.2) is 29.0 Å². The van der Waals surface area contributed by atoms with Crippen molar-refractivity contribution in [3.8, 4) is 0 Å². The molecule has 1 aromatic heterocycles. The Kier molecular flexibility index (Phi) is 3.37. The Labute approximate surface area is 80.0 Å². The molecule has 0 saturated carbocycles. The Balaban J connectivity index is 2.63. The van der Waals surface area contributed by atoms with Crippen LogP contribution in [0.3, 0.4) is 0 Å². The Bertz CT molecular complexity index is 290. The zero-order valence-corrected chi connectivity index (χ0v) is 7.90. The molecule has 1 aromatic rings. The monoisotopic (exact) mass is 201 g/mol. The van der Waals surface area contributed by atoms with Crippen molar-refractivity contribution in [3.05, 3.63) is 24.0 Å². The van der Waals surface area contributed by atoms with Gasteiger partial charge >= 0.3 is 0 Å². The third-order valence-electron chi connectivity index (χ3n) is 1.06. The number of rotatable bonds is 3. The van der Waals surface area contributed by atoms with Crippen LogP contribution in [0.1, 0.15) is 0 Å². The quantitative estimate of drug-likeness (QED) is 0.760. The predicted molar refractivity (Wildman–Crippen MR) is 52.2 cm³/mol. The first-order valence-electron chi connectivity index (χ1n) is 3.22. The molecule has 3 nitrogen and oxygen atoms in total. The van der Waals surface area contributed by atoms with Crippen LogP contribution in [0.4, 0.5) is 5.82 Å². The standard InChI is InChI=1S/C7H8ClN3S/c1-5(8)4-12-7-6(9)10-2-3-11-7/h2-3H,1,4H2,(H2,9,10). The molecule has 64 valence electrons. The SMILES string of the molecule is C=C(Cl)CSc1nccnc1N. The highest BCUT2D eigenvalue weighted by molar-refractivity contribution is 7.99. The normalized spacial score (nSPS) is 9.75. The van der Waals surface area contributed by atoms with E-state index >= 15 is 0 Å². The summed E-state index contributed by atoms with van der Waals surface area (Å²) < 4.78 is 0. The van der Waals surface area contributed by atoms with Crippen LogP contribution in [0.2, 0.25) is 0 Å².